The van der Waals surface area contributed by atoms with Crippen molar-refractivity contribution in [3.05, 3.63) is 12.7 Å². The topological polar surface area (TPSA) is 90.0 Å². The lowest BCUT2D eigenvalue weighted by Gasteiger charge is -2.33. The monoisotopic (exact) mass is 359 g/mol. The first-order valence-electron chi connectivity index (χ1n) is 9.62. The number of anilines is 1. The summed E-state index contributed by atoms with van der Waals surface area (Å²) in [5.74, 6) is 1.00. The van der Waals surface area contributed by atoms with Gasteiger partial charge in [-0.3, -0.25) is 4.79 Å². The maximum atomic E-state index is 12.6. The first-order valence-corrected chi connectivity index (χ1v) is 9.62. The first kappa shape index (κ1) is 18.6. The van der Waals surface area contributed by atoms with Gasteiger partial charge in [0, 0.05) is 19.6 Å². The molecule has 2 N–H and O–H groups in total. The number of carbonyl (C=O) groups is 1. The average Bonchev–Trinajstić information content (AvgIpc) is 3.17. The molecule has 142 valence electrons. The summed E-state index contributed by atoms with van der Waals surface area (Å²) in [7, 11) is 0. The van der Waals surface area contributed by atoms with Crippen molar-refractivity contribution in [1.82, 2.24) is 30.2 Å². The van der Waals surface area contributed by atoms with Crippen molar-refractivity contribution < 1.29 is 4.79 Å². The molecule has 3 heterocycles. The predicted molar refractivity (Wildman–Crippen MR) is 102 cm³/mol. The smallest absolute Gasteiger partial charge is 0.224 e. The summed E-state index contributed by atoms with van der Waals surface area (Å²) in [4.78, 5) is 33.0. The van der Waals surface area contributed by atoms with Crippen LogP contribution in [0, 0.1) is 5.92 Å². The van der Waals surface area contributed by atoms with Gasteiger partial charge in [0.2, 0.25) is 5.91 Å². The van der Waals surface area contributed by atoms with Gasteiger partial charge in [0.1, 0.15) is 11.8 Å². The van der Waals surface area contributed by atoms with Crippen LogP contribution in [0.15, 0.2) is 12.7 Å². The Kier molecular flexibility index (Phi) is 6.38. The Morgan fingerprint density at radius 2 is 2.19 bits per heavy atom. The summed E-state index contributed by atoms with van der Waals surface area (Å²) in [5.41, 5.74) is 1.51. The maximum Gasteiger partial charge on any atom is 0.224 e. The Hall–Kier alpha value is -2.22. The summed E-state index contributed by atoms with van der Waals surface area (Å²) in [5, 5.41) is 3.11. The lowest BCUT2D eigenvalue weighted by Crippen LogP contribution is -2.44. The van der Waals surface area contributed by atoms with E-state index in [-0.39, 0.29) is 11.8 Å². The molecule has 0 unspecified atom stereocenters. The molecule has 8 nitrogen and oxygen atoms in total. The fraction of sp³-hybridized carbons (Fsp3) is 0.667. The first-order chi connectivity index (χ1) is 12.7. The zero-order chi connectivity index (χ0) is 18.4. The largest absolute Gasteiger partial charge is 0.356 e. The van der Waals surface area contributed by atoms with Crippen molar-refractivity contribution in [2.24, 2.45) is 5.92 Å². The zero-order valence-corrected chi connectivity index (χ0v) is 15.7. The lowest BCUT2D eigenvalue weighted by atomic mass is 9.97. The van der Waals surface area contributed by atoms with Crippen molar-refractivity contribution in [2.45, 2.75) is 33.1 Å². The van der Waals surface area contributed by atoms with Crippen molar-refractivity contribution in [2.75, 3.05) is 44.2 Å². The third-order valence-electron chi connectivity index (χ3n) is 5.14. The summed E-state index contributed by atoms with van der Waals surface area (Å²) in [6, 6.07) is 0. The third kappa shape index (κ3) is 4.30. The van der Waals surface area contributed by atoms with Gasteiger partial charge in [-0.05, 0) is 38.9 Å². The highest BCUT2D eigenvalue weighted by Crippen LogP contribution is 2.25. The van der Waals surface area contributed by atoms with Gasteiger partial charge in [0.25, 0.3) is 0 Å². The molecule has 2 aromatic rings. The van der Waals surface area contributed by atoms with E-state index in [0.29, 0.717) is 12.2 Å². The van der Waals surface area contributed by atoms with E-state index in [4.69, 9.17) is 0 Å². The maximum absolute atomic E-state index is 12.6. The fourth-order valence-electron chi connectivity index (χ4n) is 3.57. The van der Waals surface area contributed by atoms with Gasteiger partial charge >= 0.3 is 0 Å². The van der Waals surface area contributed by atoms with E-state index in [2.05, 4.69) is 48.9 Å². The number of hydrogen-bond donors (Lipinski definition) is 2. The third-order valence-corrected chi connectivity index (χ3v) is 5.14. The number of aromatic nitrogens is 4. The number of hydrogen-bond acceptors (Lipinski definition) is 6. The van der Waals surface area contributed by atoms with Crippen LogP contribution >= 0.6 is 0 Å². The molecule has 1 saturated heterocycles. The molecule has 0 spiro atoms. The summed E-state index contributed by atoms with van der Waals surface area (Å²) >= 11 is 0. The number of nitrogens with one attached hydrogen (secondary N) is 2. The standard InChI is InChI=1S/C18H29N7O/c1-3-24(4-2)9-6-8-19-18(26)14-7-5-10-25(11-14)17-15-16(21-12-20-15)22-13-23-17/h12-14H,3-11H2,1-2H3,(H,19,26)(H,20,21,22,23)/t14-/m0/s1. The molecule has 1 atom stereocenters. The molecule has 1 aliphatic heterocycles. The van der Waals surface area contributed by atoms with Gasteiger partial charge in [0.15, 0.2) is 11.5 Å². The second kappa shape index (κ2) is 8.93. The second-order valence-electron chi connectivity index (χ2n) is 6.76. The Morgan fingerprint density at radius 1 is 1.35 bits per heavy atom. The van der Waals surface area contributed by atoms with E-state index >= 15 is 0 Å². The molecule has 26 heavy (non-hydrogen) atoms. The van der Waals surface area contributed by atoms with Crippen molar-refractivity contribution in [3.8, 4) is 0 Å². The molecule has 8 heteroatoms. The van der Waals surface area contributed by atoms with Crippen LogP contribution in [0.4, 0.5) is 5.82 Å². The molecule has 0 aromatic carbocycles. The molecule has 0 bridgehead atoms. The normalized spacial score (nSPS) is 17.8. The van der Waals surface area contributed by atoms with Crippen LogP contribution in [-0.2, 0) is 4.79 Å². The molecule has 1 fully saturated rings. The van der Waals surface area contributed by atoms with E-state index in [9.17, 15) is 4.79 Å². The minimum absolute atomic E-state index is 0.00476. The van der Waals surface area contributed by atoms with Gasteiger partial charge in [0.05, 0.1) is 12.2 Å². The summed E-state index contributed by atoms with van der Waals surface area (Å²) in [6.07, 6.45) is 6.07. The van der Waals surface area contributed by atoms with E-state index in [1.54, 1.807) is 6.33 Å². The SMILES string of the molecule is CCN(CC)CCCNC(=O)[C@H]1CCCN(c2ncnc3nc[nH]c23)C1. The van der Waals surface area contributed by atoms with Crippen LogP contribution in [0.5, 0.6) is 0 Å². The van der Waals surface area contributed by atoms with Gasteiger partial charge in [-0.1, -0.05) is 13.8 Å². The van der Waals surface area contributed by atoms with E-state index in [1.807, 2.05) is 0 Å². The average molecular weight is 359 g/mol. The zero-order valence-electron chi connectivity index (χ0n) is 15.7. The number of nitrogens with zero attached hydrogens (tertiary/aromatic N) is 5. The predicted octanol–water partition coefficient (Wildman–Crippen LogP) is 1.42. The number of carbonyl (C=O) groups excluding carboxylic acids is 1. The number of fused-ring (bicyclic) bond motifs is 1. The number of amides is 1. The Balaban J connectivity index is 1.53. The Bertz CT molecular complexity index is 712. The van der Waals surface area contributed by atoms with E-state index in [1.165, 1.54) is 6.33 Å². The molecule has 2 aromatic heterocycles. The Morgan fingerprint density at radius 3 is 3.00 bits per heavy atom. The minimum atomic E-state index is 0.00476. The lowest BCUT2D eigenvalue weighted by molar-refractivity contribution is -0.125. The van der Waals surface area contributed by atoms with Crippen LogP contribution in [0.3, 0.4) is 0 Å². The quantitative estimate of drug-likeness (QED) is 0.693. The fourth-order valence-corrected chi connectivity index (χ4v) is 3.57. The molecule has 1 aliphatic rings. The number of rotatable bonds is 8. The molecular weight excluding hydrogens is 330 g/mol. The number of piperidine rings is 1. The van der Waals surface area contributed by atoms with Crippen LogP contribution in [0.1, 0.15) is 33.1 Å². The number of imidazole rings is 1. The van der Waals surface area contributed by atoms with E-state index in [0.717, 1.165) is 63.3 Å². The van der Waals surface area contributed by atoms with Gasteiger partial charge in [-0.25, -0.2) is 15.0 Å². The number of aromatic amines is 1. The van der Waals surface area contributed by atoms with Crippen LogP contribution < -0.4 is 10.2 Å². The highest BCUT2D eigenvalue weighted by atomic mass is 16.1. The molecule has 0 aliphatic carbocycles. The van der Waals surface area contributed by atoms with Crippen LogP contribution in [-0.4, -0.2) is 70.0 Å². The minimum Gasteiger partial charge on any atom is -0.356 e. The summed E-state index contributed by atoms with van der Waals surface area (Å²) in [6.45, 7) is 9.81. The van der Waals surface area contributed by atoms with Gasteiger partial charge < -0.3 is 20.1 Å². The van der Waals surface area contributed by atoms with Crippen LogP contribution in [0.2, 0.25) is 0 Å². The highest BCUT2D eigenvalue weighted by Gasteiger charge is 2.27. The highest BCUT2D eigenvalue weighted by molar-refractivity contribution is 5.84. The molecule has 3 rings (SSSR count). The summed E-state index contributed by atoms with van der Waals surface area (Å²) < 4.78 is 0. The number of H-pyrrole nitrogens is 1. The molecular formula is C18H29N7O. The molecule has 1 amide bonds. The molecule has 0 saturated carbocycles. The van der Waals surface area contributed by atoms with Crippen molar-refractivity contribution >= 4 is 22.9 Å². The second-order valence-corrected chi connectivity index (χ2v) is 6.76. The van der Waals surface area contributed by atoms with E-state index < -0.39 is 0 Å². The van der Waals surface area contributed by atoms with Crippen LogP contribution in [0.25, 0.3) is 11.2 Å². The Labute approximate surface area is 154 Å². The van der Waals surface area contributed by atoms with Gasteiger partial charge in [-0.15, -0.1) is 0 Å². The van der Waals surface area contributed by atoms with Crippen molar-refractivity contribution in [1.29, 1.82) is 0 Å². The van der Waals surface area contributed by atoms with Crippen molar-refractivity contribution in [3.63, 3.8) is 0 Å². The van der Waals surface area contributed by atoms with Gasteiger partial charge in [-0.2, -0.15) is 0 Å². The molecule has 0 radical (unpaired) electrons.